The van der Waals surface area contributed by atoms with Crippen molar-refractivity contribution in [2.75, 3.05) is 0 Å². The fourth-order valence-electron chi connectivity index (χ4n) is 2.51. The summed E-state index contributed by atoms with van der Waals surface area (Å²) in [5, 5.41) is 17.3. The lowest BCUT2D eigenvalue weighted by Crippen LogP contribution is -2.44. The van der Waals surface area contributed by atoms with Crippen LogP contribution in [0.25, 0.3) is 6.08 Å². The van der Waals surface area contributed by atoms with Gasteiger partial charge in [0.05, 0.1) is 17.8 Å². The second-order valence-corrected chi connectivity index (χ2v) is 5.57. The maximum absolute atomic E-state index is 11.9. The summed E-state index contributed by atoms with van der Waals surface area (Å²) in [5.74, 6) is -0.213. The molecule has 2 atom stereocenters. The zero-order valence-electron chi connectivity index (χ0n) is 11.8. The lowest BCUT2D eigenvalue weighted by molar-refractivity contribution is -0.118. The number of aryl methyl sites for hydroxylation is 2. The van der Waals surface area contributed by atoms with Gasteiger partial charge in [0.1, 0.15) is 5.15 Å². The highest BCUT2D eigenvalue weighted by Gasteiger charge is 2.23. The monoisotopic (exact) mass is 297 g/mol. The molecule has 1 saturated carbocycles. The largest absolute Gasteiger partial charge is 0.391 e. The Hall–Kier alpha value is -1.33. The molecular weight excluding hydrogens is 278 g/mol. The normalized spacial score (nSPS) is 23.2. The van der Waals surface area contributed by atoms with Crippen molar-refractivity contribution >= 4 is 23.6 Å². The number of hydrogen-bond acceptors (Lipinski definition) is 3. The molecule has 2 rings (SSSR count). The van der Waals surface area contributed by atoms with Gasteiger partial charge < -0.3 is 10.4 Å². The van der Waals surface area contributed by atoms with Crippen LogP contribution in [-0.4, -0.2) is 32.9 Å². The fraction of sp³-hybridized carbons (Fsp3) is 0.571. The van der Waals surface area contributed by atoms with E-state index in [1.54, 1.807) is 17.8 Å². The molecule has 1 aliphatic rings. The summed E-state index contributed by atoms with van der Waals surface area (Å²) in [6, 6.07) is -0.147. The molecule has 5 nitrogen and oxygen atoms in total. The van der Waals surface area contributed by atoms with Gasteiger partial charge in [-0.2, -0.15) is 5.10 Å². The van der Waals surface area contributed by atoms with Crippen LogP contribution in [0.15, 0.2) is 6.08 Å². The molecule has 1 aliphatic carbocycles. The molecule has 0 aliphatic heterocycles. The van der Waals surface area contributed by atoms with E-state index in [0.717, 1.165) is 36.9 Å². The van der Waals surface area contributed by atoms with Gasteiger partial charge in [0.2, 0.25) is 5.91 Å². The summed E-state index contributed by atoms with van der Waals surface area (Å²) in [6.07, 6.45) is 6.31. The summed E-state index contributed by atoms with van der Waals surface area (Å²) >= 11 is 6.09. The van der Waals surface area contributed by atoms with Crippen LogP contribution >= 0.6 is 11.6 Å². The molecule has 0 aromatic carbocycles. The highest BCUT2D eigenvalue weighted by atomic mass is 35.5. The van der Waals surface area contributed by atoms with Crippen molar-refractivity contribution in [3.8, 4) is 0 Å². The Bertz CT molecular complexity index is 525. The van der Waals surface area contributed by atoms with E-state index in [4.69, 9.17) is 11.6 Å². The van der Waals surface area contributed by atoms with Gasteiger partial charge in [0.15, 0.2) is 0 Å². The smallest absolute Gasteiger partial charge is 0.244 e. The number of halogens is 1. The van der Waals surface area contributed by atoms with Crippen LogP contribution in [0.3, 0.4) is 0 Å². The van der Waals surface area contributed by atoms with Gasteiger partial charge in [-0.05, 0) is 25.8 Å². The number of carbonyl (C=O) groups excluding carboxylic acids is 1. The highest BCUT2D eigenvalue weighted by molar-refractivity contribution is 6.31. The van der Waals surface area contributed by atoms with Gasteiger partial charge in [-0.3, -0.25) is 9.48 Å². The zero-order chi connectivity index (χ0) is 14.7. The Kier molecular flexibility index (Phi) is 4.83. The molecule has 1 aromatic rings. The van der Waals surface area contributed by atoms with E-state index in [-0.39, 0.29) is 11.9 Å². The SMILES string of the molecule is Cc1nn(C)c(Cl)c1/C=C/C(=O)N[C@@H]1CCCC[C@H]1O. The van der Waals surface area contributed by atoms with Crippen molar-refractivity contribution in [1.29, 1.82) is 0 Å². The number of aliphatic hydroxyl groups excluding tert-OH is 1. The Balaban J connectivity index is 1.98. The molecule has 0 bridgehead atoms. The highest BCUT2D eigenvalue weighted by Crippen LogP contribution is 2.20. The third kappa shape index (κ3) is 3.41. The van der Waals surface area contributed by atoms with Crippen LogP contribution in [0.4, 0.5) is 0 Å². The second-order valence-electron chi connectivity index (χ2n) is 5.21. The molecule has 1 heterocycles. The first-order valence-electron chi connectivity index (χ1n) is 6.84. The number of nitrogens with zero attached hydrogens (tertiary/aromatic N) is 2. The number of amides is 1. The summed E-state index contributed by atoms with van der Waals surface area (Å²) in [5.41, 5.74) is 1.52. The van der Waals surface area contributed by atoms with E-state index in [2.05, 4.69) is 10.4 Å². The molecule has 6 heteroatoms. The van der Waals surface area contributed by atoms with Gasteiger partial charge >= 0.3 is 0 Å². The Morgan fingerprint density at radius 1 is 1.50 bits per heavy atom. The maximum Gasteiger partial charge on any atom is 0.244 e. The molecule has 1 fully saturated rings. The average Bonchev–Trinajstić information content (AvgIpc) is 2.64. The van der Waals surface area contributed by atoms with E-state index >= 15 is 0 Å². The quantitative estimate of drug-likeness (QED) is 0.836. The predicted molar refractivity (Wildman–Crippen MR) is 78.4 cm³/mol. The molecule has 110 valence electrons. The van der Waals surface area contributed by atoms with Crippen molar-refractivity contribution in [2.24, 2.45) is 7.05 Å². The summed E-state index contributed by atoms with van der Waals surface area (Å²) in [4.78, 5) is 11.9. The number of hydrogen-bond donors (Lipinski definition) is 2. The molecule has 1 aromatic heterocycles. The molecular formula is C14H20ClN3O2. The van der Waals surface area contributed by atoms with Crippen molar-refractivity contribution in [2.45, 2.75) is 44.8 Å². The molecule has 0 saturated heterocycles. The average molecular weight is 298 g/mol. The lowest BCUT2D eigenvalue weighted by atomic mass is 9.92. The lowest BCUT2D eigenvalue weighted by Gasteiger charge is -2.27. The number of aromatic nitrogens is 2. The minimum atomic E-state index is -0.440. The van der Waals surface area contributed by atoms with E-state index < -0.39 is 6.10 Å². The summed E-state index contributed by atoms with van der Waals surface area (Å²) in [6.45, 7) is 1.84. The molecule has 0 radical (unpaired) electrons. The first kappa shape index (κ1) is 15.1. The zero-order valence-corrected chi connectivity index (χ0v) is 12.5. The maximum atomic E-state index is 11.9. The van der Waals surface area contributed by atoms with E-state index in [1.165, 1.54) is 6.08 Å². The summed E-state index contributed by atoms with van der Waals surface area (Å²) in [7, 11) is 1.76. The van der Waals surface area contributed by atoms with Gasteiger partial charge in [-0.25, -0.2) is 0 Å². The first-order chi connectivity index (χ1) is 9.49. The molecule has 0 unspecified atom stereocenters. The van der Waals surface area contributed by atoms with E-state index in [9.17, 15) is 9.90 Å². The minimum Gasteiger partial charge on any atom is -0.391 e. The molecule has 20 heavy (non-hydrogen) atoms. The van der Waals surface area contributed by atoms with Crippen LogP contribution in [0.2, 0.25) is 5.15 Å². The Morgan fingerprint density at radius 3 is 2.80 bits per heavy atom. The standard InChI is InChI=1S/C14H20ClN3O2/c1-9-10(14(15)18(2)17-9)7-8-13(20)16-11-5-3-4-6-12(11)19/h7-8,11-12,19H,3-6H2,1-2H3,(H,16,20)/b8-7+/t11-,12-/m1/s1. The van der Waals surface area contributed by atoms with Crippen LogP contribution in [0, 0.1) is 6.92 Å². The van der Waals surface area contributed by atoms with Gasteiger partial charge in [0, 0.05) is 18.7 Å². The second kappa shape index (κ2) is 6.41. The van der Waals surface area contributed by atoms with Crippen molar-refractivity contribution in [3.05, 3.63) is 22.5 Å². The van der Waals surface area contributed by atoms with E-state index in [0.29, 0.717) is 5.15 Å². The fourth-order valence-corrected chi connectivity index (χ4v) is 2.74. The first-order valence-corrected chi connectivity index (χ1v) is 7.22. The number of aliphatic hydroxyl groups is 1. The van der Waals surface area contributed by atoms with E-state index in [1.807, 2.05) is 6.92 Å². The minimum absolute atomic E-state index is 0.147. The third-order valence-electron chi connectivity index (χ3n) is 3.65. The number of nitrogens with one attached hydrogen (secondary N) is 1. The van der Waals surface area contributed by atoms with Crippen molar-refractivity contribution in [1.82, 2.24) is 15.1 Å². The van der Waals surface area contributed by atoms with Gasteiger partial charge in [0.25, 0.3) is 0 Å². The topological polar surface area (TPSA) is 67.2 Å². The third-order valence-corrected chi connectivity index (χ3v) is 4.10. The number of rotatable bonds is 3. The molecule has 0 spiro atoms. The Labute approximate surface area is 123 Å². The van der Waals surface area contributed by atoms with Crippen molar-refractivity contribution < 1.29 is 9.90 Å². The molecule has 1 amide bonds. The van der Waals surface area contributed by atoms with Crippen LogP contribution in [0.1, 0.15) is 36.9 Å². The van der Waals surface area contributed by atoms with Gasteiger partial charge in [-0.1, -0.05) is 24.4 Å². The van der Waals surface area contributed by atoms with Gasteiger partial charge in [-0.15, -0.1) is 0 Å². The molecule has 2 N–H and O–H groups in total. The number of carbonyl (C=O) groups is 1. The van der Waals surface area contributed by atoms with Crippen LogP contribution in [0.5, 0.6) is 0 Å². The van der Waals surface area contributed by atoms with Crippen molar-refractivity contribution in [3.63, 3.8) is 0 Å². The Morgan fingerprint density at radius 2 is 2.20 bits per heavy atom. The van der Waals surface area contributed by atoms with Crippen LogP contribution in [-0.2, 0) is 11.8 Å². The summed E-state index contributed by atoms with van der Waals surface area (Å²) < 4.78 is 1.57. The predicted octanol–water partition coefficient (Wildman–Crippen LogP) is 1.81. The van der Waals surface area contributed by atoms with Crippen LogP contribution < -0.4 is 5.32 Å².